The summed E-state index contributed by atoms with van der Waals surface area (Å²) in [7, 11) is 0. The van der Waals surface area contributed by atoms with Crippen LogP contribution < -0.4 is 20.1 Å². The second kappa shape index (κ2) is 4.90. The van der Waals surface area contributed by atoms with E-state index >= 15 is 0 Å². The van der Waals surface area contributed by atoms with Crippen molar-refractivity contribution in [3.05, 3.63) is 47.5 Å². The Labute approximate surface area is 140 Å². The molecule has 1 saturated carbocycles. The normalized spacial score (nSPS) is 18.7. The Bertz CT molecular complexity index is 843. The molecule has 0 saturated heterocycles. The van der Waals surface area contributed by atoms with Gasteiger partial charge in [0.15, 0.2) is 11.5 Å². The first-order valence-corrected chi connectivity index (χ1v) is 8.34. The third kappa shape index (κ3) is 1.97. The van der Waals surface area contributed by atoms with E-state index in [0.29, 0.717) is 0 Å². The van der Waals surface area contributed by atoms with Gasteiger partial charge in [0.1, 0.15) is 0 Å². The van der Waals surface area contributed by atoms with Crippen LogP contribution in [-0.2, 0) is 16.6 Å². The average molecular weight is 322 g/mol. The van der Waals surface area contributed by atoms with E-state index in [9.17, 15) is 4.79 Å². The number of benzene rings is 2. The van der Waals surface area contributed by atoms with Crippen molar-refractivity contribution in [3.8, 4) is 11.5 Å². The number of ether oxygens (including phenoxy) is 2. The zero-order valence-electron chi connectivity index (χ0n) is 13.2. The number of anilines is 2. The van der Waals surface area contributed by atoms with Crippen molar-refractivity contribution in [3.63, 3.8) is 0 Å². The Hall–Kier alpha value is -2.69. The van der Waals surface area contributed by atoms with E-state index in [1.165, 1.54) is 5.56 Å². The van der Waals surface area contributed by atoms with Crippen molar-refractivity contribution < 1.29 is 14.3 Å². The highest BCUT2D eigenvalue weighted by molar-refractivity contribution is 6.02. The molecule has 0 unspecified atom stereocenters. The fourth-order valence-corrected chi connectivity index (χ4v) is 3.67. The summed E-state index contributed by atoms with van der Waals surface area (Å²) in [5.74, 6) is 1.56. The molecule has 24 heavy (non-hydrogen) atoms. The molecule has 0 bridgehead atoms. The van der Waals surface area contributed by atoms with Gasteiger partial charge in [-0.05, 0) is 49.1 Å². The molecule has 5 nitrogen and oxygen atoms in total. The molecular weight excluding hydrogens is 304 g/mol. The molecule has 0 aromatic heterocycles. The van der Waals surface area contributed by atoms with E-state index in [4.69, 9.17) is 9.47 Å². The van der Waals surface area contributed by atoms with Crippen LogP contribution in [0.1, 0.15) is 24.0 Å². The van der Waals surface area contributed by atoms with Gasteiger partial charge < -0.3 is 20.1 Å². The summed E-state index contributed by atoms with van der Waals surface area (Å²) in [4.78, 5) is 13.0. The van der Waals surface area contributed by atoms with Crippen LogP contribution in [0.2, 0.25) is 0 Å². The van der Waals surface area contributed by atoms with Crippen molar-refractivity contribution >= 4 is 17.3 Å². The lowest BCUT2D eigenvalue weighted by Crippen LogP contribution is -2.28. The molecule has 0 radical (unpaired) electrons. The van der Waals surface area contributed by atoms with Gasteiger partial charge in [0.2, 0.25) is 12.7 Å². The van der Waals surface area contributed by atoms with E-state index < -0.39 is 5.41 Å². The average Bonchev–Trinajstić information content (AvgIpc) is 3.05. The number of carbonyl (C=O) groups excluding carboxylic acids is 1. The number of carbonyl (C=O) groups is 1. The molecule has 122 valence electrons. The highest BCUT2D eigenvalue weighted by Gasteiger charge is 2.51. The van der Waals surface area contributed by atoms with Crippen LogP contribution in [0.5, 0.6) is 11.5 Å². The summed E-state index contributed by atoms with van der Waals surface area (Å²) in [6.07, 6.45) is 2.68. The molecule has 2 aromatic rings. The van der Waals surface area contributed by atoms with Crippen molar-refractivity contribution in [2.24, 2.45) is 0 Å². The lowest BCUT2D eigenvalue weighted by atomic mass is 9.94. The maximum atomic E-state index is 13.0. The Morgan fingerprint density at radius 2 is 2.00 bits per heavy atom. The Kier molecular flexibility index (Phi) is 2.80. The van der Waals surface area contributed by atoms with Crippen molar-refractivity contribution in [1.82, 2.24) is 0 Å². The predicted molar refractivity (Wildman–Crippen MR) is 90.7 cm³/mol. The minimum atomic E-state index is -0.435. The smallest absolute Gasteiger partial charge is 0.235 e. The molecule has 3 aliphatic rings. The molecule has 5 heteroatoms. The summed E-state index contributed by atoms with van der Waals surface area (Å²) in [5, 5.41) is 6.51. The van der Waals surface area contributed by atoms with E-state index in [1.807, 2.05) is 30.3 Å². The number of fused-ring (bicyclic) bond motifs is 2. The summed E-state index contributed by atoms with van der Waals surface area (Å²) in [6.45, 7) is 1.18. The van der Waals surface area contributed by atoms with Gasteiger partial charge in [0.25, 0.3) is 0 Å². The van der Waals surface area contributed by atoms with E-state index in [1.54, 1.807) is 0 Å². The third-order valence-electron chi connectivity index (χ3n) is 5.22. The largest absolute Gasteiger partial charge is 0.454 e. The number of nitrogens with one attached hydrogen (secondary N) is 2. The number of rotatable bonds is 3. The lowest BCUT2D eigenvalue weighted by Gasteiger charge is -2.17. The SMILES string of the molecule is O=C(Nc1cccc2c1CCN2)C1(c2ccc3c(c2)OCO3)CC1. The summed E-state index contributed by atoms with van der Waals surface area (Å²) >= 11 is 0. The van der Waals surface area contributed by atoms with Gasteiger partial charge in [-0.15, -0.1) is 0 Å². The first-order chi connectivity index (χ1) is 11.8. The second-order valence-electron chi connectivity index (χ2n) is 6.61. The van der Waals surface area contributed by atoms with Gasteiger partial charge >= 0.3 is 0 Å². The highest BCUT2D eigenvalue weighted by Crippen LogP contribution is 2.51. The van der Waals surface area contributed by atoms with E-state index in [0.717, 1.165) is 54.2 Å². The van der Waals surface area contributed by atoms with E-state index in [2.05, 4.69) is 16.7 Å². The van der Waals surface area contributed by atoms with Gasteiger partial charge in [-0.2, -0.15) is 0 Å². The fraction of sp³-hybridized carbons (Fsp3) is 0.316. The highest BCUT2D eigenvalue weighted by atomic mass is 16.7. The zero-order chi connectivity index (χ0) is 16.1. The summed E-state index contributed by atoms with van der Waals surface area (Å²) in [5.41, 5.74) is 3.83. The van der Waals surface area contributed by atoms with E-state index in [-0.39, 0.29) is 12.7 Å². The summed E-state index contributed by atoms with van der Waals surface area (Å²) < 4.78 is 10.8. The van der Waals surface area contributed by atoms with Crippen LogP contribution in [-0.4, -0.2) is 19.2 Å². The molecule has 2 aliphatic heterocycles. The third-order valence-corrected chi connectivity index (χ3v) is 5.22. The van der Waals surface area contributed by atoms with Crippen LogP contribution >= 0.6 is 0 Å². The second-order valence-corrected chi connectivity index (χ2v) is 6.61. The minimum absolute atomic E-state index is 0.0710. The number of hydrogen-bond acceptors (Lipinski definition) is 4. The molecule has 0 spiro atoms. The van der Waals surface area contributed by atoms with Crippen LogP contribution in [0.3, 0.4) is 0 Å². The standard InChI is InChI=1S/C19H18N2O3/c22-18(21-15-3-1-2-14-13(15)6-9-20-14)19(7-8-19)12-4-5-16-17(10-12)24-11-23-16/h1-5,10,20H,6-9,11H2,(H,21,22). The van der Waals surface area contributed by atoms with Gasteiger partial charge in [0.05, 0.1) is 5.41 Å². The molecule has 1 amide bonds. The molecule has 2 N–H and O–H groups in total. The monoisotopic (exact) mass is 322 g/mol. The number of amides is 1. The minimum Gasteiger partial charge on any atom is -0.454 e. The van der Waals surface area contributed by atoms with Crippen LogP contribution in [0, 0.1) is 0 Å². The Morgan fingerprint density at radius 3 is 2.88 bits per heavy atom. The fourth-order valence-electron chi connectivity index (χ4n) is 3.67. The predicted octanol–water partition coefficient (Wildman–Crippen LogP) is 3.05. The van der Waals surface area contributed by atoms with Crippen molar-refractivity contribution in [1.29, 1.82) is 0 Å². The van der Waals surface area contributed by atoms with Crippen LogP contribution in [0.25, 0.3) is 0 Å². The molecule has 5 rings (SSSR count). The van der Waals surface area contributed by atoms with Crippen molar-refractivity contribution in [2.45, 2.75) is 24.7 Å². The van der Waals surface area contributed by atoms with Gasteiger partial charge in [-0.1, -0.05) is 12.1 Å². The Morgan fingerprint density at radius 1 is 1.12 bits per heavy atom. The molecule has 2 aromatic carbocycles. The Balaban J connectivity index is 1.44. The molecule has 2 heterocycles. The first-order valence-electron chi connectivity index (χ1n) is 8.34. The first kappa shape index (κ1) is 13.7. The van der Waals surface area contributed by atoms with Crippen molar-refractivity contribution in [2.75, 3.05) is 24.0 Å². The maximum Gasteiger partial charge on any atom is 0.235 e. The van der Waals surface area contributed by atoms with Crippen LogP contribution in [0.15, 0.2) is 36.4 Å². The quantitative estimate of drug-likeness (QED) is 0.912. The molecule has 0 atom stereocenters. The molecular formula is C19H18N2O3. The topological polar surface area (TPSA) is 59.6 Å². The molecule has 1 fully saturated rings. The number of hydrogen-bond donors (Lipinski definition) is 2. The van der Waals surface area contributed by atoms with Crippen LogP contribution in [0.4, 0.5) is 11.4 Å². The van der Waals surface area contributed by atoms with Gasteiger partial charge in [0, 0.05) is 23.5 Å². The van der Waals surface area contributed by atoms with Gasteiger partial charge in [-0.25, -0.2) is 0 Å². The lowest BCUT2D eigenvalue weighted by molar-refractivity contribution is -0.118. The maximum absolute atomic E-state index is 13.0. The molecule has 1 aliphatic carbocycles. The summed E-state index contributed by atoms with van der Waals surface area (Å²) in [6, 6.07) is 11.9. The van der Waals surface area contributed by atoms with Gasteiger partial charge in [-0.3, -0.25) is 4.79 Å². The zero-order valence-corrected chi connectivity index (χ0v) is 13.2.